The molecular weight excluding hydrogens is 346 g/mol. The second-order valence-corrected chi connectivity index (χ2v) is 5.94. The number of rotatable bonds is 9. The lowest BCUT2D eigenvalue weighted by molar-refractivity contribution is 0.0360. The first-order valence-corrected chi connectivity index (χ1v) is 8.56. The fourth-order valence-corrected chi connectivity index (χ4v) is 2.91. The Balaban J connectivity index is 2.30. The van der Waals surface area contributed by atoms with E-state index in [0.29, 0.717) is 6.42 Å². The van der Waals surface area contributed by atoms with Crippen molar-refractivity contribution in [2.75, 3.05) is 34.9 Å². The van der Waals surface area contributed by atoms with Gasteiger partial charge in [-0.15, -0.1) is 0 Å². The molecule has 1 N–H and O–H groups in total. The Kier molecular flexibility index (Phi) is 5.65. The van der Waals surface area contributed by atoms with E-state index in [1.807, 2.05) is 44.3 Å². The molecule has 0 aromatic heterocycles. The van der Waals surface area contributed by atoms with Gasteiger partial charge in [-0.1, -0.05) is 37.3 Å². The molecule has 0 bridgehead atoms. The third-order valence-electron chi connectivity index (χ3n) is 4.66. The first kappa shape index (κ1) is 16.4. The summed E-state index contributed by atoms with van der Waals surface area (Å²) in [5.41, 5.74) is 0.602. The molecule has 6 nitrogen and oxygen atoms in total. The number of hydrogen-bond donors (Lipinski definition) is 1. The van der Waals surface area contributed by atoms with E-state index in [0.717, 1.165) is 5.56 Å². The Morgan fingerprint density at radius 1 is 1.11 bits per heavy atom. The van der Waals surface area contributed by atoms with Crippen molar-refractivity contribution >= 4 is 5.97 Å². The van der Waals surface area contributed by atoms with Gasteiger partial charge in [-0.3, -0.25) is 0 Å². The van der Waals surface area contributed by atoms with Gasteiger partial charge in [-0.2, -0.15) is 0 Å². The molecule has 2 aromatic carbocycles. The van der Waals surface area contributed by atoms with Crippen LogP contribution in [0, 0.1) is 0 Å². The predicted molar refractivity (Wildman–Crippen MR) is 104 cm³/mol. The molecule has 0 heterocycles. The van der Waals surface area contributed by atoms with E-state index in [4.69, 9.17) is 23.1 Å². The van der Waals surface area contributed by atoms with E-state index >= 15 is 0 Å². The van der Waals surface area contributed by atoms with Gasteiger partial charge in [0.1, 0.15) is 6.61 Å². The summed E-state index contributed by atoms with van der Waals surface area (Å²) in [6.07, 6.45) is 0.693. The quantitative estimate of drug-likeness (QED) is 0.677. The summed E-state index contributed by atoms with van der Waals surface area (Å²) in [7, 11) is 1.80. The molecule has 2 aromatic rings. The summed E-state index contributed by atoms with van der Waals surface area (Å²) >= 11 is 0. The van der Waals surface area contributed by atoms with Gasteiger partial charge in [0.05, 0.1) is 36.5 Å². The van der Waals surface area contributed by atoms with Crippen LogP contribution in [0.3, 0.4) is 0 Å². The predicted octanol–water partition coefficient (Wildman–Crippen LogP) is 3.39. The van der Waals surface area contributed by atoms with Crippen molar-refractivity contribution < 1.29 is 27.9 Å². The summed E-state index contributed by atoms with van der Waals surface area (Å²) in [6.45, 7) is 2.10. The monoisotopic (exact) mass is 376 g/mol. The molecule has 27 heavy (non-hydrogen) atoms. The van der Waals surface area contributed by atoms with E-state index < -0.39 is 18.5 Å². The number of likely N-dealkylation sites (N-methyl/N-ethyl adjacent to an activating group) is 1. The molecule has 6 heteroatoms. The summed E-state index contributed by atoms with van der Waals surface area (Å²) in [4.78, 5) is 12.8. The van der Waals surface area contributed by atoms with Crippen molar-refractivity contribution in [2.45, 2.75) is 18.9 Å². The van der Waals surface area contributed by atoms with Crippen LogP contribution in [0.5, 0.6) is 17.2 Å². The van der Waals surface area contributed by atoms with Gasteiger partial charge in [-0.25, -0.2) is 4.79 Å². The summed E-state index contributed by atoms with van der Waals surface area (Å²) in [5, 5.41) is 3.26. The largest absolute Gasteiger partial charge is 0.493 e. The van der Waals surface area contributed by atoms with Gasteiger partial charge in [0.15, 0.2) is 11.5 Å². The molecule has 1 unspecified atom stereocenters. The minimum absolute atomic E-state index is 0.0517. The molecule has 0 aliphatic carbocycles. The van der Waals surface area contributed by atoms with E-state index in [1.165, 1.54) is 26.4 Å². The number of carbonyl (C=O) groups excluding carboxylic acids is 1. The van der Waals surface area contributed by atoms with Crippen LogP contribution in [0.2, 0.25) is 0 Å². The van der Waals surface area contributed by atoms with Crippen LogP contribution in [0.25, 0.3) is 0 Å². The highest BCUT2D eigenvalue weighted by atomic mass is 16.5. The van der Waals surface area contributed by atoms with Gasteiger partial charge in [0.2, 0.25) is 5.75 Å². The Labute approximate surface area is 164 Å². The van der Waals surface area contributed by atoms with Gasteiger partial charge in [-0.05, 0) is 31.2 Å². The normalized spacial score (nSPS) is 14.9. The molecule has 146 valence electrons. The number of methoxy groups -OCH3 is 3. The molecule has 1 atom stereocenters. The zero-order valence-corrected chi connectivity index (χ0v) is 16.0. The number of carbonyl (C=O) groups is 1. The number of esters is 1. The average Bonchev–Trinajstić information content (AvgIpc) is 2.74. The van der Waals surface area contributed by atoms with Crippen LogP contribution in [0.4, 0.5) is 0 Å². The number of nitrogens with one attached hydrogen (secondary N) is 1. The Morgan fingerprint density at radius 2 is 1.74 bits per heavy atom. The van der Waals surface area contributed by atoms with Crippen molar-refractivity contribution in [3.05, 3.63) is 53.6 Å². The van der Waals surface area contributed by atoms with Gasteiger partial charge >= 0.3 is 5.97 Å². The standard InChI is InChI=1S/C21H27NO5/c1-6-21(22-2,16-10-8-7-9-11-16)14-27-20(23)15-12-17(24-3)19(26-5)18(13-15)25-4/h7-13,22H,6,14H2,1-5H3/i5D3. The van der Waals surface area contributed by atoms with E-state index in [9.17, 15) is 4.79 Å². The molecular formula is C21H27NO5. The van der Waals surface area contributed by atoms with E-state index in [2.05, 4.69) is 5.32 Å². The molecule has 0 spiro atoms. The fraction of sp³-hybridized carbons (Fsp3) is 0.381. The molecule has 0 amide bonds. The smallest absolute Gasteiger partial charge is 0.338 e. The molecule has 2 rings (SSSR count). The minimum atomic E-state index is -2.70. The zero-order valence-electron chi connectivity index (χ0n) is 19.0. The van der Waals surface area contributed by atoms with Crippen LogP contribution in [0.1, 0.15) is 33.4 Å². The van der Waals surface area contributed by atoms with Gasteiger partial charge in [0.25, 0.3) is 0 Å². The highest BCUT2D eigenvalue weighted by Crippen LogP contribution is 2.38. The van der Waals surface area contributed by atoms with Crippen molar-refractivity contribution in [3.8, 4) is 17.2 Å². The fourth-order valence-electron chi connectivity index (χ4n) is 2.91. The highest BCUT2D eigenvalue weighted by Gasteiger charge is 2.30. The lowest BCUT2D eigenvalue weighted by atomic mass is 9.88. The summed E-state index contributed by atoms with van der Waals surface area (Å²) < 4.78 is 42.9. The molecule has 0 aliphatic rings. The third kappa shape index (κ3) is 4.34. The first-order valence-electron chi connectivity index (χ1n) is 10.1. The second kappa shape index (κ2) is 9.28. The van der Waals surface area contributed by atoms with Crippen LogP contribution in [0.15, 0.2) is 42.5 Å². The topological polar surface area (TPSA) is 66.0 Å². The Hall–Kier alpha value is -2.73. The molecule has 0 saturated heterocycles. The molecule has 0 aliphatic heterocycles. The third-order valence-corrected chi connectivity index (χ3v) is 4.66. The maximum atomic E-state index is 12.8. The number of ether oxygens (including phenoxy) is 4. The molecule has 0 saturated carbocycles. The number of benzene rings is 2. The van der Waals surface area contributed by atoms with Gasteiger partial charge < -0.3 is 24.3 Å². The van der Waals surface area contributed by atoms with Crippen molar-refractivity contribution in [1.29, 1.82) is 0 Å². The summed E-state index contributed by atoms with van der Waals surface area (Å²) in [6, 6.07) is 12.5. The van der Waals surface area contributed by atoms with Crippen LogP contribution in [-0.4, -0.2) is 40.9 Å². The SMILES string of the molecule is [2H]C([2H])([2H])Oc1c(OC)cc(C(=O)OCC(CC)(NC)c2ccccc2)cc1OC. The lowest BCUT2D eigenvalue weighted by Crippen LogP contribution is -2.44. The maximum Gasteiger partial charge on any atom is 0.338 e. The maximum absolute atomic E-state index is 12.8. The molecule has 0 fully saturated rings. The number of hydrogen-bond acceptors (Lipinski definition) is 6. The van der Waals surface area contributed by atoms with Crippen LogP contribution in [-0.2, 0) is 10.3 Å². The summed E-state index contributed by atoms with van der Waals surface area (Å²) in [5.74, 6) is -0.610. The first-order chi connectivity index (χ1) is 14.2. The minimum Gasteiger partial charge on any atom is -0.493 e. The van der Waals surface area contributed by atoms with Crippen molar-refractivity contribution in [3.63, 3.8) is 0 Å². The van der Waals surface area contributed by atoms with Gasteiger partial charge in [0, 0.05) is 0 Å². The zero-order chi connectivity index (χ0) is 22.4. The Bertz CT molecular complexity index is 826. The van der Waals surface area contributed by atoms with Crippen LogP contribution < -0.4 is 19.5 Å². The lowest BCUT2D eigenvalue weighted by Gasteiger charge is -2.32. The highest BCUT2D eigenvalue weighted by molar-refractivity contribution is 5.91. The average molecular weight is 376 g/mol. The van der Waals surface area contributed by atoms with E-state index in [1.54, 1.807) is 0 Å². The van der Waals surface area contributed by atoms with Crippen molar-refractivity contribution in [2.24, 2.45) is 0 Å². The Morgan fingerprint density at radius 3 is 2.22 bits per heavy atom. The molecule has 0 radical (unpaired) electrons. The van der Waals surface area contributed by atoms with E-state index in [-0.39, 0.29) is 29.4 Å². The van der Waals surface area contributed by atoms with Crippen LogP contribution >= 0.6 is 0 Å². The van der Waals surface area contributed by atoms with Crippen molar-refractivity contribution in [1.82, 2.24) is 5.32 Å². The second-order valence-electron chi connectivity index (χ2n) is 5.94.